The Morgan fingerprint density at radius 3 is 2.29 bits per heavy atom. The van der Waals surface area contributed by atoms with Crippen LogP contribution in [0.3, 0.4) is 0 Å². The van der Waals surface area contributed by atoms with Crippen molar-refractivity contribution < 1.29 is 17.9 Å². The van der Waals surface area contributed by atoms with Gasteiger partial charge < -0.3 is 14.5 Å². The third-order valence-electron chi connectivity index (χ3n) is 6.18. The molecule has 0 unspecified atom stereocenters. The number of ether oxygens (including phenoxy) is 1. The van der Waals surface area contributed by atoms with Gasteiger partial charge in [-0.25, -0.2) is 8.42 Å². The zero-order chi connectivity index (χ0) is 25.0. The maximum Gasteiger partial charge on any atom is 0.264 e. The van der Waals surface area contributed by atoms with Gasteiger partial charge in [0.25, 0.3) is 10.0 Å². The smallest absolute Gasteiger partial charge is 0.264 e. The van der Waals surface area contributed by atoms with Crippen molar-refractivity contribution in [3.8, 4) is 5.75 Å². The number of anilines is 2. The Labute approximate surface area is 211 Å². The number of methoxy groups -OCH3 is 1. The van der Waals surface area contributed by atoms with Gasteiger partial charge in [0.2, 0.25) is 5.91 Å². The topological polar surface area (TPSA) is 70.2 Å². The van der Waals surface area contributed by atoms with Crippen LogP contribution in [0.25, 0.3) is 0 Å². The monoisotopic (exact) mass is 513 g/mol. The second-order valence-corrected chi connectivity index (χ2v) is 10.5. The molecule has 3 aromatic carbocycles. The maximum absolute atomic E-state index is 13.6. The van der Waals surface area contributed by atoms with E-state index in [9.17, 15) is 13.2 Å². The fraction of sp³-hybridized carbons (Fsp3) is 0.269. The van der Waals surface area contributed by atoms with E-state index in [0.29, 0.717) is 42.5 Å². The van der Waals surface area contributed by atoms with Crippen LogP contribution in [0.2, 0.25) is 5.02 Å². The molecule has 1 saturated heterocycles. The first-order chi connectivity index (χ1) is 16.8. The molecule has 3 aromatic rings. The lowest BCUT2D eigenvalue weighted by atomic mass is 10.2. The van der Waals surface area contributed by atoms with Gasteiger partial charge >= 0.3 is 0 Å². The number of amides is 1. The van der Waals surface area contributed by atoms with Gasteiger partial charge in [-0.3, -0.25) is 9.10 Å². The maximum atomic E-state index is 13.6. The number of carbonyl (C=O) groups is 1. The summed E-state index contributed by atoms with van der Waals surface area (Å²) in [6, 6.07) is 21.0. The van der Waals surface area contributed by atoms with Gasteiger partial charge in [0.15, 0.2) is 0 Å². The Hall–Kier alpha value is -3.23. The Kier molecular flexibility index (Phi) is 7.52. The van der Waals surface area contributed by atoms with E-state index < -0.39 is 10.0 Å². The van der Waals surface area contributed by atoms with Gasteiger partial charge in [-0.15, -0.1) is 0 Å². The summed E-state index contributed by atoms with van der Waals surface area (Å²) in [7, 11) is -2.35. The van der Waals surface area contributed by atoms with E-state index in [4.69, 9.17) is 16.3 Å². The number of para-hydroxylation sites is 2. The number of halogens is 1. The number of hydrogen-bond donors (Lipinski definition) is 0. The predicted octanol–water partition coefficient (Wildman–Crippen LogP) is 4.20. The Morgan fingerprint density at radius 1 is 0.943 bits per heavy atom. The molecule has 0 N–H and O–H groups in total. The molecule has 4 rings (SSSR count). The molecular formula is C26H28ClN3O4S. The predicted molar refractivity (Wildman–Crippen MR) is 139 cm³/mol. The Morgan fingerprint density at radius 2 is 1.60 bits per heavy atom. The second kappa shape index (κ2) is 10.6. The summed E-state index contributed by atoms with van der Waals surface area (Å²) in [6.45, 7) is 3.63. The molecule has 184 valence electrons. The minimum atomic E-state index is -3.99. The van der Waals surface area contributed by atoms with Crippen LogP contribution in [0, 0.1) is 6.92 Å². The molecule has 0 spiro atoms. The molecule has 0 aliphatic carbocycles. The van der Waals surface area contributed by atoms with Crippen LogP contribution < -0.4 is 13.9 Å². The third kappa shape index (κ3) is 5.23. The molecule has 7 nitrogen and oxygen atoms in total. The fourth-order valence-corrected chi connectivity index (χ4v) is 5.86. The van der Waals surface area contributed by atoms with Crippen LogP contribution in [0.15, 0.2) is 77.7 Å². The molecular weight excluding hydrogens is 486 g/mol. The van der Waals surface area contributed by atoms with Gasteiger partial charge in [-0.2, -0.15) is 0 Å². The van der Waals surface area contributed by atoms with Gasteiger partial charge in [0.05, 0.1) is 23.4 Å². The van der Waals surface area contributed by atoms with E-state index in [0.717, 1.165) is 11.4 Å². The van der Waals surface area contributed by atoms with E-state index in [1.165, 1.54) is 16.4 Å². The Balaban J connectivity index is 1.56. The quantitative estimate of drug-likeness (QED) is 0.473. The first-order valence-corrected chi connectivity index (χ1v) is 13.1. The average molecular weight is 514 g/mol. The van der Waals surface area contributed by atoms with Crippen molar-refractivity contribution >= 4 is 38.9 Å². The molecule has 0 aromatic heterocycles. The number of piperazine rings is 1. The molecule has 0 bridgehead atoms. The number of benzene rings is 3. The highest BCUT2D eigenvalue weighted by molar-refractivity contribution is 7.92. The van der Waals surface area contributed by atoms with Gasteiger partial charge in [0, 0.05) is 31.2 Å². The summed E-state index contributed by atoms with van der Waals surface area (Å²) < 4.78 is 33.9. The van der Waals surface area contributed by atoms with Gasteiger partial charge in [-0.1, -0.05) is 48.0 Å². The first-order valence-electron chi connectivity index (χ1n) is 11.3. The second-order valence-electron chi connectivity index (χ2n) is 8.25. The summed E-state index contributed by atoms with van der Waals surface area (Å²) in [5.74, 6) is 0.521. The van der Waals surface area contributed by atoms with Crippen molar-refractivity contribution in [2.45, 2.75) is 11.8 Å². The summed E-state index contributed by atoms with van der Waals surface area (Å²) in [4.78, 5) is 17.4. The summed E-state index contributed by atoms with van der Waals surface area (Å²) in [5.41, 5.74) is 1.97. The van der Waals surface area contributed by atoms with E-state index in [1.54, 1.807) is 55.3 Å². The first kappa shape index (κ1) is 24.9. The van der Waals surface area contributed by atoms with E-state index in [-0.39, 0.29) is 17.3 Å². The van der Waals surface area contributed by atoms with Gasteiger partial charge in [0.1, 0.15) is 12.3 Å². The number of hydrogen-bond acceptors (Lipinski definition) is 5. The largest absolute Gasteiger partial charge is 0.495 e. The van der Waals surface area contributed by atoms with E-state index in [2.05, 4.69) is 4.90 Å². The Bertz CT molecular complexity index is 1290. The molecule has 1 fully saturated rings. The third-order valence-corrected chi connectivity index (χ3v) is 8.36. The van der Waals surface area contributed by atoms with Crippen LogP contribution in [0.5, 0.6) is 5.75 Å². The highest BCUT2D eigenvalue weighted by Crippen LogP contribution is 2.31. The average Bonchev–Trinajstić information content (AvgIpc) is 2.89. The zero-order valence-electron chi connectivity index (χ0n) is 19.7. The minimum absolute atomic E-state index is 0.119. The highest BCUT2D eigenvalue weighted by Gasteiger charge is 2.31. The van der Waals surface area contributed by atoms with Crippen LogP contribution >= 0.6 is 11.6 Å². The molecule has 1 aliphatic rings. The van der Waals surface area contributed by atoms with E-state index in [1.807, 2.05) is 24.3 Å². The lowest BCUT2D eigenvalue weighted by Gasteiger charge is -2.37. The molecule has 1 aliphatic heterocycles. The summed E-state index contributed by atoms with van der Waals surface area (Å²) in [6.07, 6.45) is 0. The van der Waals surface area contributed by atoms with Crippen molar-refractivity contribution in [3.05, 3.63) is 83.4 Å². The molecule has 1 amide bonds. The molecule has 0 saturated carbocycles. The summed E-state index contributed by atoms with van der Waals surface area (Å²) in [5, 5.41) is 0.439. The normalized spacial score (nSPS) is 14.0. The number of carbonyl (C=O) groups excluding carboxylic acids is 1. The van der Waals surface area contributed by atoms with Crippen LogP contribution in [-0.2, 0) is 14.8 Å². The highest BCUT2D eigenvalue weighted by atomic mass is 35.5. The molecule has 0 atom stereocenters. The van der Waals surface area contributed by atoms with Crippen LogP contribution in [-0.4, -0.2) is 59.1 Å². The van der Waals surface area contributed by atoms with Gasteiger partial charge in [-0.05, 0) is 48.9 Å². The molecule has 0 radical (unpaired) electrons. The van der Waals surface area contributed by atoms with Crippen molar-refractivity contribution in [3.63, 3.8) is 0 Å². The van der Waals surface area contributed by atoms with E-state index >= 15 is 0 Å². The number of rotatable bonds is 7. The minimum Gasteiger partial charge on any atom is -0.495 e. The number of nitrogens with zero attached hydrogens (tertiary/aromatic N) is 3. The standard InChI is InChI=1S/C26H28ClN3O4S/c1-20-22(27)11-8-13-23(20)30(35(32,33)21-9-4-3-5-10-21)19-26(31)29-17-15-28(16-18-29)24-12-6-7-14-25(24)34-2/h3-14H,15-19H2,1-2H3. The van der Waals surface area contributed by atoms with Crippen molar-refractivity contribution in [2.75, 3.05) is 49.0 Å². The molecule has 1 heterocycles. The van der Waals surface area contributed by atoms with Crippen molar-refractivity contribution in [1.29, 1.82) is 0 Å². The lowest BCUT2D eigenvalue weighted by molar-refractivity contribution is -0.129. The molecule has 9 heteroatoms. The van der Waals surface area contributed by atoms with Crippen LogP contribution in [0.4, 0.5) is 11.4 Å². The summed E-state index contributed by atoms with van der Waals surface area (Å²) >= 11 is 6.31. The van der Waals surface area contributed by atoms with Crippen molar-refractivity contribution in [1.82, 2.24) is 4.90 Å². The molecule has 35 heavy (non-hydrogen) atoms. The van der Waals surface area contributed by atoms with Crippen LogP contribution in [0.1, 0.15) is 5.56 Å². The fourth-order valence-electron chi connectivity index (χ4n) is 4.20. The number of sulfonamides is 1. The SMILES string of the molecule is COc1ccccc1N1CCN(C(=O)CN(c2cccc(Cl)c2C)S(=O)(=O)c2ccccc2)CC1. The zero-order valence-corrected chi connectivity index (χ0v) is 21.3. The lowest BCUT2D eigenvalue weighted by Crippen LogP contribution is -2.52. The van der Waals surface area contributed by atoms with Crippen molar-refractivity contribution in [2.24, 2.45) is 0 Å².